The number of pyridine rings is 1. The van der Waals surface area contributed by atoms with Gasteiger partial charge < -0.3 is 9.80 Å². The largest absolute Gasteiger partial charge is 0.343 e. The number of amides is 2. The molecule has 0 saturated carbocycles. The molecule has 1 aromatic carbocycles. The van der Waals surface area contributed by atoms with Crippen LogP contribution in [0.5, 0.6) is 0 Å². The first kappa shape index (κ1) is 36.5. The fourth-order valence-electron chi connectivity index (χ4n) is 6.44. The summed E-state index contributed by atoms with van der Waals surface area (Å²) in [4.78, 5) is 49.1. The predicted octanol–water partition coefficient (Wildman–Crippen LogP) is 7.19. The molecule has 4 heterocycles. The van der Waals surface area contributed by atoms with Gasteiger partial charge >= 0.3 is 5.69 Å². The highest BCUT2D eigenvalue weighted by atomic mass is 19.2. The summed E-state index contributed by atoms with van der Waals surface area (Å²) in [6.45, 7) is 8.50. The molecule has 0 spiro atoms. The van der Waals surface area contributed by atoms with Crippen molar-refractivity contribution in [3.05, 3.63) is 76.9 Å². The van der Waals surface area contributed by atoms with Crippen molar-refractivity contribution in [1.82, 2.24) is 24.3 Å². The number of fused-ring (bicyclic) bond motifs is 1. The van der Waals surface area contributed by atoms with E-state index in [2.05, 4.69) is 16.5 Å². The zero-order valence-electron chi connectivity index (χ0n) is 26.9. The minimum Gasteiger partial charge on any atom is -0.343 e. The first-order valence-corrected chi connectivity index (χ1v) is 16.0. The third-order valence-electron chi connectivity index (χ3n) is 8.77. The highest BCUT2D eigenvalue weighted by Crippen LogP contribution is 2.37. The third kappa shape index (κ3) is 8.44. The molecule has 3 aromatic rings. The summed E-state index contributed by atoms with van der Waals surface area (Å²) in [7, 11) is 0. The molecule has 2 fully saturated rings. The standard InChI is InChI=1S/C29H34F3N5O3.C3H5F.C2H6.2H2/c1-2-18(22-9-8-19(16-36(17-30)28(22)39)21-5-3-6-23(31)26(21)32)15-25(38)35-13-10-20(11-14-35)37-24-7-4-12-33-27(24)34-29(37)40;1-2-3-4;1-2;;/h3-7,12,18-20,22H,2,8-11,13-17H2,1H3,(H,33,34,40);2H,1,3H2;1-2H3;2*1H/t18?,19-,22+;;;;/m1..../s1. The maximum Gasteiger partial charge on any atom is 0.327 e. The molecule has 2 saturated heterocycles. The highest BCUT2D eigenvalue weighted by Gasteiger charge is 2.38. The normalized spacial score (nSPS) is 19.4. The van der Waals surface area contributed by atoms with Crippen LogP contribution in [0.3, 0.4) is 0 Å². The lowest BCUT2D eigenvalue weighted by Gasteiger charge is -2.34. The molecule has 8 nitrogen and oxygen atoms in total. The zero-order valence-corrected chi connectivity index (χ0v) is 26.9. The van der Waals surface area contributed by atoms with Crippen molar-refractivity contribution >= 4 is 23.0 Å². The van der Waals surface area contributed by atoms with Gasteiger partial charge in [-0.1, -0.05) is 45.4 Å². The summed E-state index contributed by atoms with van der Waals surface area (Å²) < 4.78 is 54.7. The molecule has 2 aliphatic heterocycles. The van der Waals surface area contributed by atoms with E-state index in [1.807, 2.05) is 26.8 Å². The number of hydrogen-bond acceptors (Lipinski definition) is 4. The molecule has 3 atom stereocenters. The van der Waals surface area contributed by atoms with E-state index in [1.54, 1.807) is 21.7 Å². The van der Waals surface area contributed by atoms with Crippen molar-refractivity contribution in [1.29, 1.82) is 0 Å². The number of halogens is 4. The number of aromatic amines is 1. The van der Waals surface area contributed by atoms with E-state index in [4.69, 9.17) is 0 Å². The fraction of sp³-hybridized carbons (Fsp3) is 0.529. The van der Waals surface area contributed by atoms with E-state index < -0.39 is 36.9 Å². The molecule has 46 heavy (non-hydrogen) atoms. The number of piperidine rings is 1. The van der Waals surface area contributed by atoms with E-state index in [1.165, 1.54) is 18.2 Å². The lowest BCUT2D eigenvalue weighted by molar-refractivity contribution is -0.140. The Labute approximate surface area is 270 Å². The number of alkyl halides is 2. The number of likely N-dealkylation sites (tertiary alicyclic amines) is 2. The predicted molar refractivity (Wildman–Crippen MR) is 175 cm³/mol. The Hall–Kier alpha value is -3.96. The van der Waals surface area contributed by atoms with Crippen LogP contribution in [0, 0.1) is 23.5 Å². The monoisotopic (exact) mass is 651 g/mol. The molecule has 0 bridgehead atoms. The Balaban J connectivity index is 0.00000134. The number of H-pyrrole nitrogens is 1. The van der Waals surface area contributed by atoms with Crippen LogP contribution in [0.2, 0.25) is 0 Å². The summed E-state index contributed by atoms with van der Waals surface area (Å²) in [6.07, 6.45) is 5.51. The Morgan fingerprint density at radius 1 is 1.11 bits per heavy atom. The lowest BCUT2D eigenvalue weighted by atomic mass is 9.81. The van der Waals surface area contributed by atoms with Crippen LogP contribution < -0.4 is 5.69 Å². The van der Waals surface area contributed by atoms with Crippen LogP contribution in [0.25, 0.3) is 11.2 Å². The first-order valence-electron chi connectivity index (χ1n) is 16.0. The second-order valence-corrected chi connectivity index (χ2v) is 11.3. The third-order valence-corrected chi connectivity index (χ3v) is 8.77. The van der Waals surface area contributed by atoms with Gasteiger partial charge in [0, 0.05) is 53.0 Å². The molecule has 12 heteroatoms. The van der Waals surface area contributed by atoms with E-state index in [0.29, 0.717) is 50.8 Å². The van der Waals surface area contributed by atoms with Gasteiger partial charge in [-0.25, -0.2) is 27.3 Å². The maximum atomic E-state index is 14.5. The molecule has 1 N–H and O–H groups in total. The number of hydrogen-bond donors (Lipinski definition) is 1. The molecule has 2 aliphatic rings. The molecular formula is C34H49F4N5O3. The van der Waals surface area contributed by atoms with E-state index in [0.717, 1.165) is 16.5 Å². The highest BCUT2D eigenvalue weighted by molar-refractivity contribution is 5.82. The van der Waals surface area contributed by atoms with E-state index in [-0.39, 0.29) is 50.8 Å². The van der Waals surface area contributed by atoms with Gasteiger partial charge in [-0.3, -0.25) is 19.1 Å². The number of nitrogens with one attached hydrogen (secondary N) is 1. The van der Waals surface area contributed by atoms with Crippen LogP contribution in [0.4, 0.5) is 17.6 Å². The summed E-state index contributed by atoms with van der Waals surface area (Å²) in [6, 6.07) is 7.51. The molecule has 256 valence electrons. The van der Waals surface area contributed by atoms with Gasteiger partial charge in [0.15, 0.2) is 24.1 Å². The number of allylic oxidation sites excluding steroid dienone is 1. The average molecular weight is 652 g/mol. The van der Waals surface area contributed by atoms with Crippen LogP contribution in [-0.4, -0.2) is 69.3 Å². The van der Waals surface area contributed by atoms with Crippen LogP contribution in [0.1, 0.15) is 79.7 Å². The van der Waals surface area contributed by atoms with Gasteiger partial charge in [-0.2, -0.15) is 0 Å². The summed E-state index contributed by atoms with van der Waals surface area (Å²) in [5.74, 6) is -3.80. The van der Waals surface area contributed by atoms with Gasteiger partial charge in [0.2, 0.25) is 11.8 Å². The van der Waals surface area contributed by atoms with Gasteiger partial charge in [0.25, 0.3) is 0 Å². The number of carbonyl (C=O) groups is 2. The van der Waals surface area contributed by atoms with Gasteiger partial charge in [0.1, 0.15) is 6.67 Å². The number of aromatic nitrogens is 3. The number of nitrogens with zero attached hydrogens (tertiary/aromatic N) is 4. The fourth-order valence-corrected chi connectivity index (χ4v) is 6.44. The minimum absolute atomic E-state index is 0. The zero-order chi connectivity index (χ0) is 33.8. The van der Waals surface area contributed by atoms with Gasteiger partial charge in [-0.15, -0.1) is 6.58 Å². The van der Waals surface area contributed by atoms with Gasteiger partial charge in [0.05, 0.1) is 5.52 Å². The van der Waals surface area contributed by atoms with Crippen molar-refractivity contribution in [2.75, 3.05) is 33.1 Å². The van der Waals surface area contributed by atoms with Crippen LogP contribution >= 0.6 is 0 Å². The Morgan fingerprint density at radius 3 is 2.43 bits per heavy atom. The number of benzene rings is 1. The van der Waals surface area contributed by atoms with Crippen LogP contribution in [-0.2, 0) is 9.59 Å². The topological polar surface area (TPSA) is 91.3 Å². The summed E-state index contributed by atoms with van der Waals surface area (Å²) in [5.41, 5.74) is 1.20. The van der Waals surface area contributed by atoms with E-state index >= 15 is 0 Å². The molecule has 2 aromatic heterocycles. The molecule has 0 aliphatic carbocycles. The average Bonchev–Trinajstić information content (AvgIpc) is 3.33. The SMILES string of the molecule is C=CCF.CC.CCC(CC(=O)N1CCC(n2c(=O)[nH]c3ncccc32)CC1)[C@@H]1CC[C@@H](c2cccc(F)c2F)CN(CF)C1=O.[HH].[HH]. The number of rotatable bonds is 8. The lowest BCUT2D eigenvalue weighted by Crippen LogP contribution is -2.43. The minimum atomic E-state index is -1.02. The number of carbonyl (C=O) groups excluding carboxylic acids is 2. The Morgan fingerprint density at radius 2 is 1.80 bits per heavy atom. The summed E-state index contributed by atoms with van der Waals surface area (Å²) >= 11 is 0. The maximum absolute atomic E-state index is 14.5. The van der Waals surface area contributed by atoms with Crippen molar-refractivity contribution < 1.29 is 30.0 Å². The Bertz CT molecular complexity index is 1510. The quantitative estimate of drug-likeness (QED) is 0.159. The van der Waals surface area contributed by atoms with Crippen molar-refractivity contribution in [3.63, 3.8) is 0 Å². The number of imidazole rings is 1. The smallest absolute Gasteiger partial charge is 0.327 e. The molecular weight excluding hydrogens is 602 g/mol. The second kappa shape index (κ2) is 17.7. The van der Waals surface area contributed by atoms with Crippen molar-refractivity contribution in [2.45, 2.75) is 71.3 Å². The Kier molecular flexibility index (Phi) is 14.0. The van der Waals surface area contributed by atoms with E-state index in [9.17, 15) is 31.9 Å². The van der Waals surface area contributed by atoms with Crippen LogP contribution in [0.15, 0.2) is 54.0 Å². The first-order chi connectivity index (χ1) is 22.2. The van der Waals surface area contributed by atoms with Gasteiger partial charge in [-0.05, 0) is 55.4 Å². The molecule has 5 rings (SSSR count). The van der Waals surface area contributed by atoms with Crippen molar-refractivity contribution in [3.8, 4) is 0 Å². The molecule has 2 amide bonds. The molecule has 0 radical (unpaired) electrons. The molecule has 1 unspecified atom stereocenters. The second-order valence-electron chi connectivity index (χ2n) is 11.3. The van der Waals surface area contributed by atoms with Crippen molar-refractivity contribution in [2.24, 2.45) is 11.8 Å². The summed E-state index contributed by atoms with van der Waals surface area (Å²) in [5, 5.41) is 0.